The molecule has 1 atom stereocenters. The Hall–Kier alpha value is -2.84. The van der Waals surface area contributed by atoms with E-state index in [1.165, 1.54) is 0 Å². The Morgan fingerprint density at radius 2 is 1.90 bits per heavy atom. The van der Waals surface area contributed by atoms with Gasteiger partial charge in [0, 0.05) is 42.0 Å². The second-order valence-corrected chi connectivity index (χ2v) is 9.69. The van der Waals surface area contributed by atoms with Gasteiger partial charge in [-0.2, -0.15) is 0 Å². The number of aryl methyl sites for hydroxylation is 1. The predicted molar refractivity (Wildman–Crippen MR) is 127 cm³/mol. The minimum atomic E-state index is -0.200. The maximum absolute atomic E-state index is 13.1. The van der Waals surface area contributed by atoms with Gasteiger partial charge < -0.3 is 14.6 Å². The van der Waals surface area contributed by atoms with Crippen LogP contribution in [0.4, 0.5) is 5.69 Å². The summed E-state index contributed by atoms with van der Waals surface area (Å²) in [4.78, 5) is 15.2. The molecule has 0 fully saturated rings. The number of aromatic nitrogens is 2. The highest BCUT2D eigenvalue weighted by Gasteiger charge is 2.22. The number of anilines is 1. The first-order valence-electron chi connectivity index (χ1n) is 10.0. The van der Waals surface area contributed by atoms with E-state index in [1.54, 1.807) is 23.1 Å². The van der Waals surface area contributed by atoms with Crippen molar-refractivity contribution in [2.24, 2.45) is 0 Å². The molecule has 4 rings (SSSR count). The molecule has 0 bridgehead atoms. The van der Waals surface area contributed by atoms with Crippen LogP contribution < -0.4 is 10.2 Å². The maximum Gasteiger partial charge on any atom is 0.287 e. The zero-order valence-electron chi connectivity index (χ0n) is 17.7. The van der Waals surface area contributed by atoms with Crippen LogP contribution in [0, 0.1) is 6.92 Å². The quantitative estimate of drug-likeness (QED) is 0.373. The second kappa shape index (κ2) is 9.53. The number of hydrogen-bond acceptors (Lipinski definition) is 7. The number of likely N-dealkylation sites (N-methyl/N-ethyl adjacent to an activating group) is 1. The lowest BCUT2D eigenvalue weighted by Gasteiger charge is -2.27. The summed E-state index contributed by atoms with van der Waals surface area (Å²) in [5, 5.41) is 13.2. The number of carbonyl (C=O) groups is 1. The Balaban J connectivity index is 1.49. The summed E-state index contributed by atoms with van der Waals surface area (Å²) in [6.07, 6.45) is 0. The number of hydrogen-bond donors (Lipinski definition) is 1. The van der Waals surface area contributed by atoms with Crippen molar-refractivity contribution in [2.75, 3.05) is 18.5 Å². The molecule has 1 N–H and O–H groups in total. The van der Waals surface area contributed by atoms with Crippen molar-refractivity contribution in [1.82, 2.24) is 15.5 Å². The van der Waals surface area contributed by atoms with Gasteiger partial charge in [-0.15, -0.1) is 10.2 Å². The van der Waals surface area contributed by atoms with Gasteiger partial charge >= 0.3 is 0 Å². The minimum absolute atomic E-state index is 0.123. The fourth-order valence-electron chi connectivity index (χ4n) is 3.27. The monoisotopic (exact) mass is 452 g/mol. The number of furan rings is 1. The molecule has 0 aliphatic carbocycles. The van der Waals surface area contributed by atoms with Gasteiger partial charge in [0.25, 0.3) is 5.91 Å². The van der Waals surface area contributed by atoms with Crippen molar-refractivity contribution in [3.8, 4) is 0 Å². The van der Waals surface area contributed by atoms with Crippen LogP contribution in [-0.4, -0.2) is 35.7 Å². The SMILES string of the molecule is Cc1nnc(SCc2c(C(=O)NCC(C)N(C)c3ccccc3)oc3ccccc23)s1. The third-order valence-corrected chi connectivity index (χ3v) is 7.13. The van der Waals surface area contributed by atoms with E-state index < -0.39 is 0 Å². The lowest BCUT2D eigenvalue weighted by molar-refractivity contribution is 0.0925. The molecule has 0 spiro atoms. The predicted octanol–water partition coefficient (Wildman–Crippen LogP) is 5.14. The van der Waals surface area contributed by atoms with Gasteiger partial charge in [-0.1, -0.05) is 59.5 Å². The lowest BCUT2D eigenvalue weighted by Crippen LogP contribution is -2.40. The summed E-state index contributed by atoms with van der Waals surface area (Å²) in [7, 11) is 2.03. The first-order chi connectivity index (χ1) is 15.0. The van der Waals surface area contributed by atoms with Crippen molar-refractivity contribution in [1.29, 1.82) is 0 Å². The summed E-state index contributed by atoms with van der Waals surface area (Å²) in [6.45, 7) is 4.52. The van der Waals surface area contributed by atoms with Crippen LogP contribution in [0.25, 0.3) is 11.0 Å². The fourth-order valence-corrected chi connectivity index (χ4v) is 5.11. The zero-order valence-corrected chi connectivity index (χ0v) is 19.3. The van der Waals surface area contributed by atoms with Crippen LogP contribution in [0.1, 0.15) is 28.0 Å². The maximum atomic E-state index is 13.1. The number of rotatable bonds is 8. The summed E-state index contributed by atoms with van der Waals surface area (Å²) in [5.74, 6) is 0.756. The Labute approximate surface area is 189 Å². The van der Waals surface area contributed by atoms with E-state index >= 15 is 0 Å². The van der Waals surface area contributed by atoms with Gasteiger partial charge in [0.15, 0.2) is 10.1 Å². The smallest absolute Gasteiger partial charge is 0.287 e. The van der Waals surface area contributed by atoms with E-state index in [1.807, 2.05) is 56.4 Å². The largest absolute Gasteiger partial charge is 0.451 e. The summed E-state index contributed by atoms with van der Waals surface area (Å²) < 4.78 is 6.84. The molecule has 160 valence electrons. The molecule has 0 saturated heterocycles. The first kappa shape index (κ1) is 21.4. The topological polar surface area (TPSA) is 71.3 Å². The molecule has 0 aliphatic rings. The van der Waals surface area contributed by atoms with Crippen molar-refractivity contribution >= 4 is 45.7 Å². The molecule has 31 heavy (non-hydrogen) atoms. The highest BCUT2D eigenvalue weighted by molar-refractivity contribution is 8.00. The van der Waals surface area contributed by atoms with Crippen LogP contribution >= 0.6 is 23.1 Å². The van der Waals surface area contributed by atoms with Gasteiger partial charge in [-0.05, 0) is 32.0 Å². The van der Waals surface area contributed by atoms with Crippen molar-refractivity contribution < 1.29 is 9.21 Å². The lowest BCUT2D eigenvalue weighted by atomic mass is 10.1. The molecule has 0 saturated carbocycles. The van der Waals surface area contributed by atoms with Crippen LogP contribution in [-0.2, 0) is 5.75 Å². The fraction of sp³-hybridized carbons (Fsp3) is 0.261. The summed E-state index contributed by atoms with van der Waals surface area (Å²) in [5.41, 5.74) is 2.71. The Kier molecular flexibility index (Phi) is 6.58. The van der Waals surface area contributed by atoms with E-state index in [0.29, 0.717) is 23.6 Å². The van der Waals surface area contributed by atoms with E-state index in [4.69, 9.17) is 4.42 Å². The molecular weight excluding hydrogens is 428 g/mol. The van der Waals surface area contributed by atoms with E-state index in [-0.39, 0.29) is 11.9 Å². The number of nitrogens with one attached hydrogen (secondary N) is 1. The molecule has 6 nitrogen and oxygen atoms in total. The number of benzene rings is 2. The Morgan fingerprint density at radius 1 is 1.16 bits per heavy atom. The van der Waals surface area contributed by atoms with Crippen LogP contribution in [0.15, 0.2) is 63.4 Å². The average molecular weight is 453 g/mol. The van der Waals surface area contributed by atoms with Crippen molar-refractivity contribution in [3.63, 3.8) is 0 Å². The Bertz CT molecular complexity index is 1170. The summed E-state index contributed by atoms with van der Waals surface area (Å²) in [6, 6.07) is 18.0. The van der Waals surface area contributed by atoms with E-state index in [0.717, 1.165) is 26.0 Å². The molecule has 2 aromatic heterocycles. The first-order valence-corrected chi connectivity index (χ1v) is 11.8. The normalized spacial score (nSPS) is 12.1. The molecular formula is C23H24N4O2S2. The molecule has 0 aliphatic heterocycles. The third-order valence-electron chi connectivity index (χ3n) is 5.13. The number of carbonyl (C=O) groups excluding carboxylic acids is 1. The van der Waals surface area contributed by atoms with Gasteiger partial charge in [0.05, 0.1) is 0 Å². The molecule has 4 aromatic rings. The third kappa shape index (κ3) is 4.91. The Morgan fingerprint density at radius 3 is 2.65 bits per heavy atom. The van der Waals surface area contributed by atoms with E-state index in [9.17, 15) is 4.79 Å². The molecule has 0 radical (unpaired) electrons. The number of para-hydroxylation sites is 2. The van der Waals surface area contributed by atoms with Gasteiger partial charge in [0.1, 0.15) is 10.6 Å². The van der Waals surface area contributed by atoms with Crippen LogP contribution in [0.3, 0.4) is 0 Å². The molecule has 1 unspecified atom stereocenters. The van der Waals surface area contributed by atoms with Crippen LogP contribution in [0.5, 0.6) is 0 Å². The number of amides is 1. The minimum Gasteiger partial charge on any atom is -0.451 e. The standard InChI is InChI=1S/C23H24N4O2S2/c1-15(27(3)17-9-5-4-6-10-17)13-24-22(28)21-19(14-30-23-26-25-16(2)31-23)18-11-7-8-12-20(18)29-21/h4-12,15H,13-14H2,1-3H3,(H,24,28). The molecule has 8 heteroatoms. The van der Waals surface area contributed by atoms with E-state index in [2.05, 4.69) is 39.5 Å². The number of nitrogens with zero attached hydrogens (tertiary/aromatic N) is 3. The summed E-state index contributed by atoms with van der Waals surface area (Å²) >= 11 is 3.12. The van der Waals surface area contributed by atoms with Crippen LogP contribution in [0.2, 0.25) is 0 Å². The highest BCUT2D eigenvalue weighted by Crippen LogP contribution is 2.33. The van der Waals surface area contributed by atoms with Gasteiger partial charge in [-0.3, -0.25) is 4.79 Å². The second-order valence-electron chi connectivity index (χ2n) is 7.29. The average Bonchev–Trinajstić information content (AvgIpc) is 3.39. The zero-order chi connectivity index (χ0) is 21.8. The molecule has 2 heterocycles. The molecule has 1 amide bonds. The number of thioether (sulfide) groups is 1. The van der Waals surface area contributed by atoms with Crippen molar-refractivity contribution in [3.05, 3.63) is 70.9 Å². The molecule has 2 aromatic carbocycles. The number of fused-ring (bicyclic) bond motifs is 1. The van der Waals surface area contributed by atoms with Gasteiger partial charge in [-0.25, -0.2) is 0 Å². The van der Waals surface area contributed by atoms with Gasteiger partial charge in [0.2, 0.25) is 0 Å². The highest BCUT2D eigenvalue weighted by atomic mass is 32.2. The van der Waals surface area contributed by atoms with Crippen molar-refractivity contribution in [2.45, 2.75) is 30.0 Å².